The van der Waals surface area contributed by atoms with Gasteiger partial charge in [-0.3, -0.25) is 9.59 Å². The lowest BCUT2D eigenvalue weighted by molar-refractivity contribution is -0.123. The van der Waals surface area contributed by atoms with Crippen molar-refractivity contribution in [1.29, 1.82) is 0 Å². The molecule has 98 heavy (non-hydrogen) atoms. The average Bonchev–Trinajstić information content (AvgIpc) is 1.55. The van der Waals surface area contributed by atoms with Crippen molar-refractivity contribution in [3.63, 3.8) is 0 Å². The Bertz CT molecular complexity index is 3320. The number of ether oxygens (including phenoxy) is 8. The number of unbranched alkanes of at least 4 members (excludes halogenated alkanes) is 18. The summed E-state index contributed by atoms with van der Waals surface area (Å²) in [7, 11) is 0. The highest BCUT2D eigenvalue weighted by molar-refractivity contribution is 7.25. The highest BCUT2D eigenvalue weighted by atomic mass is 32.1. The van der Waals surface area contributed by atoms with Crippen LogP contribution >= 0.6 is 45.3 Å². The van der Waals surface area contributed by atoms with Gasteiger partial charge in [0, 0.05) is 29.3 Å². The summed E-state index contributed by atoms with van der Waals surface area (Å²) in [6, 6.07) is 24.0. The molecule has 0 unspecified atom stereocenters. The van der Waals surface area contributed by atoms with Crippen molar-refractivity contribution in [3.05, 3.63) is 93.7 Å². The average molecular weight is 1420 g/mol. The highest BCUT2D eigenvalue weighted by Crippen LogP contribution is 2.53. The quantitative estimate of drug-likeness (QED) is 0.0336. The van der Waals surface area contributed by atoms with Crippen molar-refractivity contribution < 1.29 is 57.1 Å². The molecule has 0 atom stereocenters. The Labute approximate surface area is 600 Å². The molecule has 0 radical (unpaired) electrons. The van der Waals surface area contributed by atoms with E-state index in [9.17, 15) is 9.59 Å². The fourth-order valence-corrected chi connectivity index (χ4v) is 15.8. The van der Waals surface area contributed by atoms with Gasteiger partial charge in [-0.2, -0.15) is 0 Å². The van der Waals surface area contributed by atoms with Crippen molar-refractivity contribution >= 4 is 80.7 Å². The predicted octanol–water partition coefficient (Wildman–Crippen LogP) is 24.0. The van der Waals surface area contributed by atoms with Crippen LogP contribution in [0.15, 0.2) is 83.9 Å². The van der Waals surface area contributed by atoms with E-state index >= 15 is 9.59 Å². The van der Waals surface area contributed by atoms with Gasteiger partial charge in [0.1, 0.15) is 11.2 Å². The normalized spacial score (nSPS) is 13.3. The summed E-state index contributed by atoms with van der Waals surface area (Å²) in [6.45, 7) is 26.9. The summed E-state index contributed by atoms with van der Waals surface area (Å²) in [5.74, 6) is 2.35. The molecular formula is C80H108N2O12S4. The first kappa shape index (κ1) is 77.1. The third-order valence-corrected chi connectivity index (χ3v) is 21.5. The van der Waals surface area contributed by atoms with Crippen LogP contribution < -0.4 is 28.4 Å². The topological polar surface area (TPSA) is 149 Å². The molecular weight excluding hydrogens is 1310 g/mol. The Morgan fingerprint density at radius 1 is 0.327 bits per heavy atom. The van der Waals surface area contributed by atoms with Crippen LogP contribution in [0, 0.1) is 0 Å². The smallest absolute Gasteiger partial charge is 0.422 e. The molecule has 18 heteroatoms. The van der Waals surface area contributed by atoms with Crippen LogP contribution in [0.25, 0.3) is 51.8 Å². The summed E-state index contributed by atoms with van der Waals surface area (Å²) >= 11 is 5.84. The predicted molar refractivity (Wildman–Crippen MR) is 404 cm³/mol. The maximum Gasteiger partial charge on any atom is 0.422 e. The fraction of sp³-hybridized carbons (Fsp3) is 0.550. The lowest BCUT2D eigenvalue weighted by Crippen LogP contribution is -2.40. The van der Waals surface area contributed by atoms with Crippen LogP contribution in [0.5, 0.6) is 34.5 Å². The zero-order chi connectivity index (χ0) is 70.2. The van der Waals surface area contributed by atoms with Gasteiger partial charge in [0.05, 0.1) is 71.9 Å². The van der Waals surface area contributed by atoms with Crippen molar-refractivity contribution in [2.75, 3.05) is 39.6 Å². The summed E-state index contributed by atoms with van der Waals surface area (Å²) in [6.07, 6.45) is 23.8. The van der Waals surface area contributed by atoms with E-state index in [4.69, 9.17) is 37.9 Å². The largest absolute Gasteiger partial charge is 0.490 e. The minimum atomic E-state index is -1.01. The highest BCUT2D eigenvalue weighted by Gasteiger charge is 2.55. The Morgan fingerprint density at radius 3 is 0.816 bits per heavy atom. The molecule has 6 heterocycles. The van der Waals surface area contributed by atoms with Gasteiger partial charge in [-0.25, -0.2) is 19.4 Å². The first-order valence-electron chi connectivity index (χ1n) is 36.5. The molecule has 8 rings (SSSR count). The van der Waals surface area contributed by atoms with E-state index in [1.54, 1.807) is 64.2 Å². The lowest BCUT2D eigenvalue weighted by atomic mass is 10.1. The molecule has 2 aliphatic rings. The number of hydrogen-bond donors (Lipinski definition) is 0. The maximum absolute atomic E-state index is 15.5. The van der Waals surface area contributed by atoms with Gasteiger partial charge < -0.3 is 37.9 Å². The molecule has 0 fully saturated rings. The Hall–Kier alpha value is -6.60. The van der Waals surface area contributed by atoms with E-state index in [0.29, 0.717) is 83.9 Å². The molecule has 0 bridgehead atoms. The van der Waals surface area contributed by atoms with Crippen LogP contribution in [0.2, 0.25) is 0 Å². The minimum Gasteiger partial charge on any atom is -0.490 e. The maximum atomic E-state index is 15.5. The molecule has 2 aliphatic heterocycles. The van der Waals surface area contributed by atoms with Gasteiger partial charge in [-0.05, 0) is 164 Å². The number of carbonyl (C=O) groups excluding carboxylic acids is 4. The Morgan fingerprint density at radius 2 is 0.561 bits per heavy atom. The Kier molecular flexibility index (Phi) is 30.1. The van der Waals surface area contributed by atoms with Gasteiger partial charge in [0.2, 0.25) is 11.5 Å². The second-order valence-electron chi connectivity index (χ2n) is 27.4. The summed E-state index contributed by atoms with van der Waals surface area (Å²) < 4.78 is 51.5. The van der Waals surface area contributed by atoms with E-state index < -0.39 is 35.2 Å². The Balaban J connectivity index is 1.18. The molecule has 0 saturated heterocycles. The van der Waals surface area contributed by atoms with E-state index in [2.05, 4.69) is 90.1 Å². The number of amides is 4. The van der Waals surface area contributed by atoms with Gasteiger partial charge in [-0.1, -0.05) is 157 Å². The SMILES string of the molecule is CCCCCCOc1cc(-c2ccc(-c3ccc(C4=C5C(=O)N(C(=O)OC(C)(C)C)C(c6ccc(-c7ccc(-c8cc(OCCCCCC)c(OCCCCCC)c(OCCCCCC)c8)s7)s6)=C5C(=O)N4C(=O)OC(C)(C)C)s3)s2)cc(OCCCCCC)c1OCCCCCC. The number of rotatable bonds is 42. The summed E-state index contributed by atoms with van der Waals surface area (Å²) in [4.78, 5) is 68.7. The molecule has 4 amide bonds. The zero-order valence-corrected chi connectivity index (χ0v) is 63.8. The second kappa shape index (κ2) is 38.3. The van der Waals surface area contributed by atoms with Crippen molar-refractivity contribution in [1.82, 2.24) is 9.80 Å². The second-order valence-corrected chi connectivity index (χ2v) is 31.7. The molecule has 0 N–H and O–H groups in total. The zero-order valence-electron chi connectivity index (χ0n) is 60.6. The minimum absolute atomic E-state index is 0.0359. The number of benzene rings is 2. The first-order chi connectivity index (χ1) is 47.3. The third kappa shape index (κ3) is 21.2. The number of nitrogens with zero attached hydrogens (tertiary/aromatic N) is 2. The van der Waals surface area contributed by atoms with E-state index in [1.165, 1.54) is 22.7 Å². The molecule has 0 spiro atoms. The summed E-state index contributed by atoms with van der Waals surface area (Å²) in [5.41, 5.74) is -0.292. The van der Waals surface area contributed by atoms with Crippen LogP contribution in [0.3, 0.4) is 0 Å². The number of hydrogen-bond acceptors (Lipinski definition) is 16. The van der Waals surface area contributed by atoms with Crippen molar-refractivity contribution in [2.24, 2.45) is 0 Å². The fourth-order valence-electron chi connectivity index (χ4n) is 11.6. The number of fused-ring (bicyclic) bond motifs is 1. The number of carbonyl (C=O) groups is 4. The molecule has 4 aromatic heterocycles. The van der Waals surface area contributed by atoms with Crippen molar-refractivity contribution in [3.8, 4) is 74.9 Å². The van der Waals surface area contributed by atoms with E-state index in [1.807, 2.05) is 24.3 Å². The third-order valence-electron chi connectivity index (χ3n) is 16.7. The van der Waals surface area contributed by atoms with E-state index in [0.717, 1.165) is 204 Å². The number of thiophene rings is 4. The molecule has 0 saturated carbocycles. The van der Waals surface area contributed by atoms with Gasteiger partial charge in [0.15, 0.2) is 23.0 Å². The van der Waals surface area contributed by atoms with Gasteiger partial charge in [0.25, 0.3) is 11.8 Å². The van der Waals surface area contributed by atoms with Gasteiger partial charge >= 0.3 is 12.2 Å². The number of imide groups is 2. The lowest BCUT2D eigenvalue weighted by Gasteiger charge is -2.27. The molecule has 2 aromatic carbocycles. The first-order valence-corrected chi connectivity index (χ1v) is 39.8. The molecule has 6 aromatic rings. The molecule has 534 valence electrons. The van der Waals surface area contributed by atoms with Crippen molar-refractivity contribution in [2.45, 2.75) is 248 Å². The summed E-state index contributed by atoms with van der Waals surface area (Å²) in [5, 5.41) is 0. The van der Waals surface area contributed by atoms with E-state index in [-0.39, 0.29) is 22.5 Å². The van der Waals surface area contributed by atoms with Crippen LogP contribution in [0.4, 0.5) is 9.59 Å². The van der Waals surface area contributed by atoms with Gasteiger partial charge in [-0.15, -0.1) is 45.3 Å². The standard InChI is InChI=1S/C80H108N2O12S4/c1-13-19-25-31-45-87-57-51-55(52-58(88-46-32-26-20-14-2)73(57)91-49-35-29-23-17-5)61-37-39-63(95-61)65-41-43-67(97-65)71-69-70(76(84)81(71)77(85)93-79(7,8)9)72(82(75(69)83)78(86)94-80(10,11)12)68-44-42-66(98-68)64-40-38-62(96-64)56-53-59(89-47-33-27-21-15-3)74(92-50-36-30-24-18-6)60(54-56)90-48-34-28-22-16-4/h37-44,51-54H,13-36,45-50H2,1-12H3. The van der Waals surface area contributed by atoms with Crippen LogP contribution in [0.1, 0.15) is 247 Å². The molecule has 0 aliphatic carbocycles. The monoisotopic (exact) mass is 1420 g/mol. The molecule has 14 nitrogen and oxygen atoms in total. The van der Waals surface area contributed by atoms with Crippen LogP contribution in [-0.2, 0) is 19.1 Å². The van der Waals surface area contributed by atoms with Crippen LogP contribution in [-0.4, -0.2) is 84.6 Å².